The third-order valence-electron chi connectivity index (χ3n) is 3.84. The number of aliphatic hydroxyl groups is 1. The maximum absolute atomic E-state index is 11.5. The summed E-state index contributed by atoms with van der Waals surface area (Å²) in [5.41, 5.74) is 0. The highest BCUT2D eigenvalue weighted by atomic mass is 32.2. The van der Waals surface area contributed by atoms with Crippen LogP contribution in [0.15, 0.2) is 0 Å². The molecule has 3 nitrogen and oxygen atoms in total. The van der Waals surface area contributed by atoms with Crippen LogP contribution in [0.4, 0.5) is 0 Å². The van der Waals surface area contributed by atoms with E-state index in [-0.39, 0.29) is 17.8 Å². The van der Waals surface area contributed by atoms with Gasteiger partial charge in [0.1, 0.15) is 0 Å². The molecule has 0 amide bonds. The van der Waals surface area contributed by atoms with Crippen molar-refractivity contribution in [1.82, 2.24) is 0 Å². The third kappa shape index (κ3) is 1.70. The Labute approximate surface area is 85.4 Å². The lowest BCUT2D eigenvalue weighted by atomic mass is 9.87. The topological polar surface area (TPSA) is 54.4 Å². The van der Waals surface area contributed by atoms with Crippen LogP contribution in [0.5, 0.6) is 0 Å². The Bertz CT molecular complexity index is 290. The van der Waals surface area contributed by atoms with Gasteiger partial charge in [-0.2, -0.15) is 0 Å². The first-order valence-corrected chi connectivity index (χ1v) is 7.19. The number of aliphatic hydroxyl groups excluding tert-OH is 1. The lowest BCUT2D eigenvalue weighted by Crippen LogP contribution is -2.46. The Hall–Kier alpha value is -0.0900. The minimum absolute atomic E-state index is 0.0243. The Morgan fingerprint density at radius 2 is 1.86 bits per heavy atom. The van der Waals surface area contributed by atoms with Gasteiger partial charge in [0.05, 0.1) is 11.0 Å². The molecule has 2 atom stereocenters. The lowest BCUT2D eigenvalue weighted by Gasteiger charge is -2.35. The largest absolute Gasteiger partial charge is 0.396 e. The minimum Gasteiger partial charge on any atom is -0.396 e. The highest BCUT2D eigenvalue weighted by molar-refractivity contribution is 7.93. The molecule has 2 aliphatic rings. The average Bonchev–Trinajstić information content (AvgIpc) is 2.64. The van der Waals surface area contributed by atoms with E-state index >= 15 is 0 Å². The summed E-state index contributed by atoms with van der Waals surface area (Å²) in [5, 5.41) is 9.06. The standard InChI is InChI=1S/C10H18O3S/c11-7-9(8-3-1-2-4-8)10-5-6-14(10,12)13/h8-11H,1-7H2. The second-order valence-corrected chi connectivity index (χ2v) is 6.92. The zero-order valence-corrected chi connectivity index (χ0v) is 9.17. The van der Waals surface area contributed by atoms with Crippen LogP contribution in [0, 0.1) is 11.8 Å². The van der Waals surface area contributed by atoms with Crippen LogP contribution >= 0.6 is 0 Å². The van der Waals surface area contributed by atoms with E-state index < -0.39 is 9.84 Å². The molecular weight excluding hydrogens is 200 g/mol. The molecule has 0 aromatic heterocycles. The van der Waals surface area contributed by atoms with Crippen molar-refractivity contribution in [3.05, 3.63) is 0 Å². The fourth-order valence-electron chi connectivity index (χ4n) is 2.88. The number of hydrogen-bond donors (Lipinski definition) is 1. The summed E-state index contributed by atoms with van der Waals surface area (Å²) >= 11 is 0. The van der Waals surface area contributed by atoms with Crippen LogP contribution in [0.1, 0.15) is 32.1 Å². The summed E-state index contributed by atoms with van der Waals surface area (Å²) < 4.78 is 22.9. The summed E-state index contributed by atoms with van der Waals surface area (Å²) in [6, 6.07) is 0. The van der Waals surface area contributed by atoms with E-state index in [1.54, 1.807) is 0 Å². The number of hydrogen-bond acceptors (Lipinski definition) is 3. The van der Waals surface area contributed by atoms with Crippen molar-refractivity contribution in [2.45, 2.75) is 37.4 Å². The fourth-order valence-corrected chi connectivity index (χ4v) is 4.62. The second kappa shape index (κ2) is 3.81. The van der Waals surface area contributed by atoms with E-state index in [2.05, 4.69) is 0 Å². The molecule has 0 aromatic carbocycles. The van der Waals surface area contributed by atoms with E-state index in [1.807, 2.05) is 0 Å². The Balaban J connectivity index is 2.05. The zero-order chi connectivity index (χ0) is 10.2. The van der Waals surface area contributed by atoms with Gasteiger partial charge in [-0.3, -0.25) is 0 Å². The van der Waals surface area contributed by atoms with Crippen LogP contribution in [0.25, 0.3) is 0 Å². The zero-order valence-electron chi connectivity index (χ0n) is 8.35. The van der Waals surface area contributed by atoms with Gasteiger partial charge >= 0.3 is 0 Å². The summed E-state index contributed by atoms with van der Waals surface area (Å²) in [6.07, 6.45) is 5.39. The van der Waals surface area contributed by atoms with Crippen molar-refractivity contribution in [2.75, 3.05) is 12.4 Å². The van der Waals surface area contributed by atoms with Crippen molar-refractivity contribution >= 4 is 9.84 Å². The van der Waals surface area contributed by atoms with Crippen molar-refractivity contribution in [2.24, 2.45) is 11.8 Å². The predicted molar refractivity (Wildman–Crippen MR) is 54.7 cm³/mol. The van der Waals surface area contributed by atoms with Gasteiger partial charge in [-0.15, -0.1) is 0 Å². The summed E-state index contributed by atoms with van der Waals surface area (Å²) in [4.78, 5) is 0. The van der Waals surface area contributed by atoms with E-state index in [0.717, 1.165) is 19.3 Å². The van der Waals surface area contributed by atoms with Crippen molar-refractivity contribution < 1.29 is 13.5 Å². The van der Waals surface area contributed by atoms with E-state index in [9.17, 15) is 13.5 Å². The van der Waals surface area contributed by atoms with E-state index in [1.165, 1.54) is 12.8 Å². The molecule has 1 saturated heterocycles. The van der Waals surface area contributed by atoms with Crippen molar-refractivity contribution in [1.29, 1.82) is 0 Å². The smallest absolute Gasteiger partial charge is 0.153 e. The Morgan fingerprint density at radius 3 is 2.21 bits per heavy atom. The van der Waals surface area contributed by atoms with Crippen LogP contribution in [-0.2, 0) is 9.84 Å². The molecule has 1 aliphatic carbocycles. The Kier molecular flexibility index (Phi) is 2.84. The fraction of sp³-hybridized carbons (Fsp3) is 1.00. The third-order valence-corrected chi connectivity index (χ3v) is 6.15. The minimum atomic E-state index is -2.83. The summed E-state index contributed by atoms with van der Waals surface area (Å²) in [6.45, 7) is 0.0502. The number of rotatable bonds is 3. The molecule has 1 saturated carbocycles. The van der Waals surface area contributed by atoms with Gasteiger partial charge in [0.2, 0.25) is 0 Å². The lowest BCUT2D eigenvalue weighted by molar-refractivity contribution is 0.164. The summed E-state index contributed by atoms with van der Waals surface area (Å²) in [5.74, 6) is 0.817. The van der Waals surface area contributed by atoms with Gasteiger partial charge in [0, 0.05) is 12.5 Å². The van der Waals surface area contributed by atoms with Crippen molar-refractivity contribution in [3.63, 3.8) is 0 Å². The molecule has 0 spiro atoms. The molecule has 1 heterocycles. The normalized spacial score (nSPS) is 33.9. The molecule has 0 bridgehead atoms. The highest BCUT2D eigenvalue weighted by Gasteiger charge is 2.44. The summed E-state index contributed by atoms with van der Waals surface area (Å²) in [7, 11) is -2.83. The molecular formula is C10H18O3S. The molecule has 1 aliphatic heterocycles. The van der Waals surface area contributed by atoms with Crippen LogP contribution in [-0.4, -0.2) is 31.1 Å². The van der Waals surface area contributed by atoms with Gasteiger partial charge in [-0.25, -0.2) is 8.42 Å². The van der Waals surface area contributed by atoms with E-state index in [0.29, 0.717) is 11.7 Å². The van der Waals surface area contributed by atoms with Crippen molar-refractivity contribution in [3.8, 4) is 0 Å². The molecule has 1 N–H and O–H groups in total. The molecule has 0 radical (unpaired) electrons. The number of sulfone groups is 1. The first-order valence-electron chi connectivity index (χ1n) is 5.47. The van der Waals surface area contributed by atoms with Crippen LogP contribution < -0.4 is 0 Å². The van der Waals surface area contributed by atoms with Gasteiger partial charge in [0.25, 0.3) is 0 Å². The quantitative estimate of drug-likeness (QED) is 0.768. The van der Waals surface area contributed by atoms with E-state index in [4.69, 9.17) is 0 Å². The molecule has 0 aromatic rings. The Morgan fingerprint density at radius 1 is 1.21 bits per heavy atom. The molecule has 82 valence electrons. The SMILES string of the molecule is O=S1(=O)CCC1C(CO)C1CCCC1. The first kappa shape index (κ1) is 10.4. The van der Waals surface area contributed by atoms with Gasteiger partial charge in [0.15, 0.2) is 9.84 Å². The first-order chi connectivity index (χ1) is 6.65. The van der Waals surface area contributed by atoms with Gasteiger partial charge < -0.3 is 5.11 Å². The van der Waals surface area contributed by atoms with Gasteiger partial charge in [-0.05, 0) is 12.3 Å². The van der Waals surface area contributed by atoms with Gasteiger partial charge in [-0.1, -0.05) is 25.7 Å². The highest BCUT2D eigenvalue weighted by Crippen LogP contribution is 2.39. The molecule has 2 fully saturated rings. The second-order valence-electron chi connectivity index (χ2n) is 4.59. The molecule has 2 unspecified atom stereocenters. The van der Waals surface area contributed by atoms with Crippen LogP contribution in [0.2, 0.25) is 0 Å². The van der Waals surface area contributed by atoms with Crippen LogP contribution in [0.3, 0.4) is 0 Å². The molecule has 14 heavy (non-hydrogen) atoms. The average molecular weight is 218 g/mol. The maximum Gasteiger partial charge on any atom is 0.153 e. The molecule has 4 heteroatoms. The monoisotopic (exact) mass is 218 g/mol. The predicted octanol–water partition coefficient (Wildman–Crippen LogP) is 0.972. The molecule has 2 rings (SSSR count). The maximum atomic E-state index is 11.5.